The summed E-state index contributed by atoms with van der Waals surface area (Å²) >= 11 is 0. The number of rotatable bonds is 2. The molecule has 0 heterocycles. The van der Waals surface area contributed by atoms with Gasteiger partial charge in [0.1, 0.15) is 0 Å². The van der Waals surface area contributed by atoms with Crippen molar-refractivity contribution in [2.45, 2.75) is 13.5 Å². The average Bonchev–Trinajstić information content (AvgIpc) is 2.09. The predicted molar refractivity (Wildman–Crippen MR) is 50.7 cm³/mol. The zero-order valence-electron chi connectivity index (χ0n) is 7.41. The second kappa shape index (κ2) is 4.47. The van der Waals surface area contributed by atoms with Crippen LogP contribution in [0.1, 0.15) is 11.1 Å². The molecule has 0 aliphatic rings. The van der Waals surface area contributed by atoms with E-state index in [1.54, 1.807) is 7.05 Å². The highest BCUT2D eigenvalue weighted by Gasteiger charge is 1.92. The van der Waals surface area contributed by atoms with Crippen LogP contribution in [0, 0.1) is 6.92 Å². The summed E-state index contributed by atoms with van der Waals surface area (Å²) in [7, 11) is 1.67. The van der Waals surface area contributed by atoms with Crippen molar-refractivity contribution >= 4 is 6.01 Å². The number of nitrogens with zero attached hydrogens (tertiary/aromatic N) is 2. The van der Waals surface area contributed by atoms with E-state index >= 15 is 0 Å². The molecule has 0 saturated heterocycles. The third-order valence-electron chi connectivity index (χ3n) is 1.68. The van der Waals surface area contributed by atoms with E-state index in [0.717, 1.165) is 0 Å². The summed E-state index contributed by atoms with van der Waals surface area (Å²) in [5, 5.41) is 0. The number of hydrogen-bond donors (Lipinski definition) is 0. The molecule has 2 nitrogen and oxygen atoms in total. The molecule has 2 heteroatoms. The molecule has 62 valence electrons. The van der Waals surface area contributed by atoms with Gasteiger partial charge in [0.2, 0.25) is 0 Å². The van der Waals surface area contributed by atoms with Gasteiger partial charge in [0.15, 0.2) is 0 Å². The Morgan fingerprint density at radius 3 is 2.75 bits per heavy atom. The van der Waals surface area contributed by atoms with Crippen LogP contribution in [0.5, 0.6) is 0 Å². The first-order valence-electron chi connectivity index (χ1n) is 3.89. The molecule has 0 aromatic heterocycles. The lowest BCUT2D eigenvalue weighted by Gasteiger charge is -1.98. The highest BCUT2D eigenvalue weighted by molar-refractivity contribution is 5.41. The Balaban J connectivity index is 2.76. The number of benzene rings is 1. The van der Waals surface area contributed by atoms with E-state index in [0.29, 0.717) is 6.54 Å². The summed E-state index contributed by atoms with van der Waals surface area (Å²) in [5.41, 5.74) is 2.49. The van der Waals surface area contributed by atoms with Crippen LogP contribution in [0.2, 0.25) is 0 Å². The summed E-state index contributed by atoms with van der Waals surface area (Å²) in [6, 6.07) is 10.8. The summed E-state index contributed by atoms with van der Waals surface area (Å²) in [5.74, 6) is 0. The quantitative estimate of drug-likeness (QED) is 0.593. The van der Waals surface area contributed by atoms with Crippen LogP contribution in [0.4, 0.5) is 0 Å². The fourth-order valence-corrected chi connectivity index (χ4v) is 0.979. The molecule has 12 heavy (non-hydrogen) atoms. The maximum atomic E-state index is 4.00. The summed E-state index contributed by atoms with van der Waals surface area (Å²) in [6.07, 6.45) is 0. The Hall–Kier alpha value is -1.40. The average molecular weight is 160 g/mol. The highest BCUT2D eigenvalue weighted by atomic mass is 14.8. The van der Waals surface area contributed by atoms with E-state index in [4.69, 9.17) is 0 Å². The zero-order chi connectivity index (χ0) is 8.81. The van der Waals surface area contributed by atoms with Crippen molar-refractivity contribution in [2.24, 2.45) is 9.98 Å². The summed E-state index contributed by atoms with van der Waals surface area (Å²) in [6.45, 7) is 2.75. The number of hydrogen-bond acceptors (Lipinski definition) is 2. The monoisotopic (exact) mass is 160 g/mol. The van der Waals surface area contributed by atoms with Gasteiger partial charge in [0.25, 0.3) is 0 Å². The predicted octanol–water partition coefficient (Wildman–Crippen LogP) is 2.30. The third kappa shape index (κ3) is 2.33. The Morgan fingerprint density at radius 1 is 1.33 bits per heavy atom. The van der Waals surface area contributed by atoms with Crippen molar-refractivity contribution in [3.63, 3.8) is 0 Å². The Kier molecular flexibility index (Phi) is 3.24. The third-order valence-corrected chi connectivity index (χ3v) is 1.68. The molecule has 0 radical (unpaired) electrons. The molecule has 1 aromatic rings. The second-order valence-electron chi connectivity index (χ2n) is 2.57. The molecule has 0 N–H and O–H groups in total. The van der Waals surface area contributed by atoms with E-state index in [2.05, 4.69) is 35.0 Å². The van der Waals surface area contributed by atoms with E-state index in [1.165, 1.54) is 11.1 Å². The Morgan fingerprint density at radius 2 is 2.08 bits per heavy atom. The smallest absolute Gasteiger partial charge is 0.0893 e. The first-order chi connectivity index (χ1) is 5.84. The van der Waals surface area contributed by atoms with E-state index in [9.17, 15) is 0 Å². The zero-order valence-corrected chi connectivity index (χ0v) is 7.41. The largest absolute Gasteiger partial charge is 0.229 e. The molecular formula is C10H12N2. The summed E-state index contributed by atoms with van der Waals surface area (Å²) in [4.78, 5) is 7.67. The normalized spacial score (nSPS) is 8.83. The van der Waals surface area contributed by atoms with Crippen LogP contribution in [0.25, 0.3) is 0 Å². The lowest BCUT2D eigenvalue weighted by molar-refractivity contribution is 1.05. The van der Waals surface area contributed by atoms with E-state index in [-0.39, 0.29) is 0 Å². The van der Waals surface area contributed by atoms with Crippen LogP contribution in [-0.4, -0.2) is 13.1 Å². The minimum absolute atomic E-state index is 0.671. The molecule has 0 atom stereocenters. The number of aryl methyl sites for hydroxylation is 1. The Bertz CT molecular complexity index is 309. The van der Waals surface area contributed by atoms with Crippen LogP contribution >= 0.6 is 0 Å². The van der Waals surface area contributed by atoms with Crippen molar-refractivity contribution in [2.75, 3.05) is 7.05 Å². The minimum Gasteiger partial charge on any atom is -0.229 e. The van der Waals surface area contributed by atoms with Crippen molar-refractivity contribution in [1.82, 2.24) is 0 Å². The molecule has 0 unspecified atom stereocenters. The molecule has 0 amide bonds. The first kappa shape index (κ1) is 8.69. The van der Waals surface area contributed by atoms with Crippen molar-refractivity contribution < 1.29 is 0 Å². The van der Waals surface area contributed by atoms with Crippen LogP contribution < -0.4 is 0 Å². The lowest BCUT2D eigenvalue weighted by Crippen LogP contribution is -1.84. The lowest BCUT2D eigenvalue weighted by atomic mass is 10.1. The molecular weight excluding hydrogens is 148 g/mol. The van der Waals surface area contributed by atoms with Crippen LogP contribution in [0.15, 0.2) is 34.3 Å². The maximum Gasteiger partial charge on any atom is 0.0893 e. The van der Waals surface area contributed by atoms with Gasteiger partial charge in [0.05, 0.1) is 12.6 Å². The first-order valence-corrected chi connectivity index (χ1v) is 3.89. The molecule has 0 saturated carbocycles. The van der Waals surface area contributed by atoms with Crippen LogP contribution in [0.3, 0.4) is 0 Å². The van der Waals surface area contributed by atoms with Gasteiger partial charge in [-0.05, 0) is 18.1 Å². The van der Waals surface area contributed by atoms with Crippen molar-refractivity contribution in [3.05, 3.63) is 35.4 Å². The summed E-state index contributed by atoms with van der Waals surface area (Å²) < 4.78 is 0. The standard InChI is InChI=1S/C10H12N2/c1-9-5-3-4-6-10(9)7-12-8-11-2/h3-6H,7H2,1-2H3. The molecule has 1 rings (SSSR count). The van der Waals surface area contributed by atoms with Crippen molar-refractivity contribution in [1.29, 1.82) is 0 Å². The van der Waals surface area contributed by atoms with E-state index < -0.39 is 0 Å². The molecule has 1 aromatic carbocycles. The SMILES string of the molecule is CN=C=NCc1ccccc1C. The van der Waals surface area contributed by atoms with Gasteiger partial charge in [-0.2, -0.15) is 0 Å². The van der Waals surface area contributed by atoms with Gasteiger partial charge < -0.3 is 0 Å². The fraction of sp³-hybridized carbons (Fsp3) is 0.300. The molecule has 0 bridgehead atoms. The van der Waals surface area contributed by atoms with Gasteiger partial charge in [0, 0.05) is 7.05 Å². The van der Waals surface area contributed by atoms with Gasteiger partial charge in [-0.1, -0.05) is 24.3 Å². The Labute approximate surface area is 72.7 Å². The molecule has 0 spiro atoms. The minimum atomic E-state index is 0.671. The second-order valence-corrected chi connectivity index (χ2v) is 2.57. The van der Waals surface area contributed by atoms with Gasteiger partial charge in [-0.3, -0.25) is 0 Å². The molecule has 0 fully saturated rings. The molecule has 0 aliphatic carbocycles. The van der Waals surface area contributed by atoms with E-state index in [1.807, 2.05) is 12.1 Å². The van der Waals surface area contributed by atoms with Crippen LogP contribution in [-0.2, 0) is 6.54 Å². The van der Waals surface area contributed by atoms with Gasteiger partial charge in [-0.25, -0.2) is 9.98 Å². The maximum absolute atomic E-state index is 4.00. The molecule has 0 aliphatic heterocycles. The number of aliphatic imine (C=N–C) groups is 2. The van der Waals surface area contributed by atoms with Gasteiger partial charge in [-0.15, -0.1) is 0 Å². The van der Waals surface area contributed by atoms with Crippen molar-refractivity contribution in [3.8, 4) is 0 Å². The van der Waals surface area contributed by atoms with Gasteiger partial charge >= 0.3 is 0 Å². The highest BCUT2D eigenvalue weighted by Crippen LogP contribution is 2.07. The fourth-order valence-electron chi connectivity index (χ4n) is 0.979. The topological polar surface area (TPSA) is 24.7 Å².